The van der Waals surface area contributed by atoms with Gasteiger partial charge in [0.25, 0.3) is 0 Å². The third-order valence-electron chi connectivity index (χ3n) is 7.88. The van der Waals surface area contributed by atoms with Crippen LogP contribution < -0.4 is 10.6 Å². The van der Waals surface area contributed by atoms with E-state index in [0.717, 1.165) is 55.1 Å². The Morgan fingerprint density at radius 2 is 1.86 bits per heavy atom. The molecule has 2 saturated heterocycles. The number of hydrogen-bond acceptors (Lipinski definition) is 4. The number of benzene rings is 1. The first-order chi connectivity index (χ1) is 17.7. The molecule has 2 unspecified atom stereocenters. The van der Waals surface area contributed by atoms with Crippen LogP contribution in [0, 0.1) is 11.7 Å². The number of nitrogens with one attached hydrogen (secondary N) is 3. The summed E-state index contributed by atoms with van der Waals surface area (Å²) in [4.78, 5) is 32.0. The lowest BCUT2D eigenvalue weighted by Gasteiger charge is -2.36. The molecule has 37 heavy (non-hydrogen) atoms. The second kappa shape index (κ2) is 11.4. The second-order valence-electron chi connectivity index (χ2n) is 11.4. The van der Waals surface area contributed by atoms with Crippen LogP contribution in [0.5, 0.6) is 0 Å². The average molecular weight is 515 g/mol. The predicted octanol–water partition coefficient (Wildman–Crippen LogP) is 5.46. The zero-order valence-electron chi connectivity index (χ0n) is 22.9. The summed E-state index contributed by atoms with van der Waals surface area (Å²) in [7, 11) is 0. The highest BCUT2D eigenvalue weighted by Crippen LogP contribution is 2.40. The maximum Gasteiger partial charge on any atom is 0.408 e. The third-order valence-corrected chi connectivity index (χ3v) is 7.88. The first kappa shape index (κ1) is 27.4. The number of carbonyl (C=O) groups is 2. The van der Waals surface area contributed by atoms with Gasteiger partial charge < -0.3 is 25.3 Å². The number of rotatable bonds is 4. The molecule has 1 aliphatic carbocycles. The molecule has 1 saturated carbocycles. The molecular formula is C29H43FN4O3. The highest BCUT2D eigenvalue weighted by atomic mass is 19.1. The molecule has 0 spiro atoms. The number of aromatic nitrogens is 1. The monoisotopic (exact) mass is 514 g/mol. The lowest BCUT2D eigenvalue weighted by atomic mass is 9.83. The zero-order chi connectivity index (χ0) is 26.7. The summed E-state index contributed by atoms with van der Waals surface area (Å²) in [6, 6.07) is 4.45. The number of aromatic amines is 1. The molecule has 1 aromatic heterocycles. The van der Waals surface area contributed by atoms with Gasteiger partial charge in [-0.2, -0.15) is 0 Å². The van der Waals surface area contributed by atoms with Crippen molar-refractivity contribution in [2.24, 2.45) is 5.92 Å². The normalized spacial score (nSPS) is 24.8. The van der Waals surface area contributed by atoms with E-state index < -0.39 is 17.7 Å². The minimum absolute atomic E-state index is 0.00178. The Balaban J connectivity index is 0.00000156. The maximum absolute atomic E-state index is 14.1. The van der Waals surface area contributed by atoms with E-state index in [1.54, 1.807) is 0 Å². The van der Waals surface area contributed by atoms with Crippen molar-refractivity contribution in [1.82, 2.24) is 20.5 Å². The third kappa shape index (κ3) is 5.95. The van der Waals surface area contributed by atoms with Crippen LogP contribution in [0.2, 0.25) is 0 Å². The predicted molar refractivity (Wildman–Crippen MR) is 144 cm³/mol. The molecule has 0 bridgehead atoms. The molecule has 3 aliphatic rings. The number of alkyl carbamates (subject to hydrolysis) is 1. The molecular weight excluding hydrogens is 471 g/mol. The molecule has 8 heteroatoms. The van der Waals surface area contributed by atoms with Gasteiger partial charge in [0.05, 0.1) is 6.04 Å². The van der Waals surface area contributed by atoms with Gasteiger partial charge in [-0.15, -0.1) is 0 Å². The van der Waals surface area contributed by atoms with Crippen molar-refractivity contribution >= 4 is 22.9 Å². The highest BCUT2D eigenvalue weighted by molar-refractivity contribution is 5.88. The number of amides is 2. The minimum atomic E-state index is -0.627. The Morgan fingerprint density at radius 3 is 2.57 bits per heavy atom. The summed E-state index contributed by atoms with van der Waals surface area (Å²) < 4.78 is 19.3. The van der Waals surface area contributed by atoms with E-state index in [1.165, 1.54) is 18.6 Å². The molecule has 5 rings (SSSR count). The summed E-state index contributed by atoms with van der Waals surface area (Å²) in [5.74, 6) is -0.0599. The number of H-pyrrole nitrogens is 1. The molecule has 4 atom stereocenters. The molecule has 7 nitrogen and oxygen atoms in total. The van der Waals surface area contributed by atoms with E-state index in [4.69, 9.17) is 4.74 Å². The summed E-state index contributed by atoms with van der Waals surface area (Å²) in [6.07, 6.45) is 7.50. The largest absolute Gasteiger partial charge is 0.444 e. The fourth-order valence-electron chi connectivity index (χ4n) is 6.38. The Labute approximate surface area is 219 Å². The van der Waals surface area contributed by atoms with Gasteiger partial charge in [-0.1, -0.05) is 33.1 Å². The van der Waals surface area contributed by atoms with Crippen LogP contribution in [0.3, 0.4) is 0 Å². The van der Waals surface area contributed by atoms with Crippen LogP contribution in [-0.2, 0) is 9.53 Å². The maximum atomic E-state index is 14.1. The standard InChI is InChI=1S/C27H37FN4O3.C2H6/c1-27(2,3)35-26(34)31-23(16-7-5-4-6-8-16)25(33)32-12-11-21-24(32)20(15-29-21)19-14-30-22-13-17(28)9-10-18(19)22;1-2/h9-10,13-14,16,20-21,23-24,29-30H,4-8,11-12,15H2,1-3H3,(H,31,34);1-2H3/t20-,21?,23?,24-;/m1./s1. The number of likely N-dealkylation sites (tertiary alicyclic amines) is 1. The first-order valence-electron chi connectivity index (χ1n) is 14.0. The molecule has 0 radical (unpaired) electrons. The Bertz CT molecular complexity index is 1090. The van der Waals surface area contributed by atoms with Crippen molar-refractivity contribution in [3.8, 4) is 0 Å². The second-order valence-corrected chi connectivity index (χ2v) is 11.4. The lowest BCUT2D eigenvalue weighted by Crippen LogP contribution is -2.55. The summed E-state index contributed by atoms with van der Waals surface area (Å²) in [5.41, 5.74) is 1.25. The van der Waals surface area contributed by atoms with Crippen LogP contribution in [0.15, 0.2) is 24.4 Å². The van der Waals surface area contributed by atoms with Crippen molar-refractivity contribution in [2.75, 3.05) is 13.1 Å². The number of carbonyl (C=O) groups excluding carboxylic acids is 2. The van der Waals surface area contributed by atoms with Gasteiger partial charge in [-0.25, -0.2) is 9.18 Å². The van der Waals surface area contributed by atoms with Gasteiger partial charge >= 0.3 is 6.09 Å². The van der Waals surface area contributed by atoms with Crippen molar-refractivity contribution in [2.45, 2.75) is 103 Å². The van der Waals surface area contributed by atoms with Gasteiger partial charge in [0.15, 0.2) is 0 Å². The van der Waals surface area contributed by atoms with Crippen LogP contribution in [0.25, 0.3) is 10.9 Å². The van der Waals surface area contributed by atoms with Crippen molar-refractivity contribution in [3.63, 3.8) is 0 Å². The van der Waals surface area contributed by atoms with E-state index >= 15 is 0 Å². The van der Waals surface area contributed by atoms with Crippen molar-refractivity contribution < 1.29 is 18.7 Å². The van der Waals surface area contributed by atoms with Gasteiger partial charge in [-0.05, 0) is 69.7 Å². The van der Waals surface area contributed by atoms with Crippen LogP contribution in [-0.4, -0.2) is 58.7 Å². The first-order valence-corrected chi connectivity index (χ1v) is 14.0. The molecule has 2 aliphatic heterocycles. The quantitative estimate of drug-likeness (QED) is 0.506. The van der Waals surface area contributed by atoms with Gasteiger partial charge in [-0.3, -0.25) is 4.79 Å². The number of halogens is 1. The molecule has 2 aromatic rings. The van der Waals surface area contributed by atoms with Gasteiger partial charge in [0.2, 0.25) is 5.91 Å². The molecule has 3 N–H and O–H groups in total. The Morgan fingerprint density at radius 1 is 1.14 bits per heavy atom. The number of nitrogens with zero attached hydrogens (tertiary/aromatic N) is 1. The number of hydrogen-bond donors (Lipinski definition) is 3. The van der Waals surface area contributed by atoms with Crippen LogP contribution >= 0.6 is 0 Å². The molecule has 204 valence electrons. The minimum Gasteiger partial charge on any atom is -0.444 e. The smallest absolute Gasteiger partial charge is 0.408 e. The van der Waals surface area contributed by atoms with E-state index in [9.17, 15) is 14.0 Å². The Hall–Kier alpha value is -2.61. The van der Waals surface area contributed by atoms with Gasteiger partial charge in [0.1, 0.15) is 17.5 Å². The summed E-state index contributed by atoms with van der Waals surface area (Å²) in [6.45, 7) is 10.9. The Kier molecular flexibility index (Phi) is 8.46. The highest BCUT2D eigenvalue weighted by Gasteiger charge is 2.49. The van der Waals surface area contributed by atoms with E-state index in [2.05, 4.69) is 15.6 Å². The van der Waals surface area contributed by atoms with E-state index in [1.807, 2.05) is 51.8 Å². The van der Waals surface area contributed by atoms with Crippen LogP contribution in [0.1, 0.15) is 84.6 Å². The van der Waals surface area contributed by atoms with E-state index in [-0.39, 0.29) is 35.6 Å². The van der Waals surface area contributed by atoms with Crippen molar-refractivity contribution in [3.05, 3.63) is 35.8 Å². The van der Waals surface area contributed by atoms with Crippen LogP contribution in [0.4, 0.5) is 9.18 Å². The van der Waals surface area contributed by atoms with Crippen molar-refractivity contribution in [1.29, 1.82) is 0 Å². The molecule has 3 heterocycles. The number of ether oxygens (including phenoxy) is 1. The zero-order valence-corrected chi connectivity index (χ0v) is 22.9. The summed E-state index contributed by atoms with van der Waals surface area (Å²) >= 11 is 0. The SMILES string of the molecule is CC.CC(C)(C)OC(=O)NC(C(=O)N1CCC2NC[C@H](c3c[nH]c4cc(F)ccc34)[C@H]21)C1CCCCC1. The average Bonchev–Trinajstić information content (AvgIpc) is 3.58. The van der Waals surface area contributed by atoms with E-state index in [0.29, 0.717) is 6.54 Å². The molecule has 1 aromatic carbocycles. The lowest BCUT2D eigenvalue weighted by molar-refractivity contribution is -0.136. The number of fused-ring (bicyclic) bond motifs is 2. The summed E-state index contributed by atoms with van der Waals surface area (Å²) in [5, 5.41) is 7.57. The van der Waals surface area contributed by atoms with Gasteiger partial charge in [0, 0.05) is 42.1 Å². The fraction of sp³-hybridized carbons (Fsp3) is 0.655. The topological polar surface area (TPSA) is 86.5 Å². The fourth-order valence-corrected chi connectivity index (χ4v) is 6.38. The molecule has 3 fully saturated rings. The molecule has 2 amide bonds.